The van der Waals surface area contributed by atoms with Gasteiger partial charge in [-0.1, -0.05) is 0 Å². The number of hydrogen-bond acceptors (Lipinski definition) is 5. The van der Waals surface area contributed by atoms with Gasteiger partial charge in [-0.2, -0.15) is 0 Å². The molecule has 2 aromatic rings. The van der Waals surface area contributed by atoms with Gasteiger partial charge in [0.1, 0.15) is 5.75 Å². The molecule has 0 fully saturated rings. The van der Waals surface area contributed by atoms with Crippen LogP contribution in [-0.2, 0) is 0 Å². The summed E-state index contributed by atoms with van der Waals surface area (Å²) in [6, 6.07) is 7.22. The molecule has 0 atom stereocenters. The third-order valence-electron chi connectivity index (χ3n) is 2.57. The monoisotopic (exact) mass is 273 g/mol. The van der Waals surface area contributed by atoms with Crippen molar-refractivity contribution in [2.45, 2.75) is 0 Å². The molecule has 1 aromatic carbocycles. The Labute approximate surface area is 114 Å². The van der Waals surface area contributed by atoms with E-state index in [-0.39, 0.29) is 17.3 Å². The first-order valence-corrected chi connectivity index (χ1v) is 5.65. The van der Waals surface area contributed by atoms with Gasteiger partial charge in [0.25, 0.3) is 11.6 Å². The van der Waals surface area contributed by atoms with Gasteiger partial charge >= 0.3 is 0 Å². The van der Waals surface area contributed by atoms with E-state index in [4.69, 9.17) is 4.74 Å². The SMILES string of the molecule is COc1cc([N+](=O)[O-])ccc1NC(=O)c1cccnc1. The first kappa shape index (κ1) is 13.5. The molecule has 1 amide bonds. The van der Waals surface area contributed by atoms with Gasteiger partial charge in [0.05, 0.1) is 29.4 Å². The summed E-state index contributed by atoms with van der Waals surface area (Å²) in [5.74, 6) is -0.151. The third kappa shape index (κ3) is 2.89. The molecule has 0 spiro atoms. The molecule has 20 heavy (non-hydrogen) atoms. The van der Waals surface area contributed by atoms with Crippen LogP contribution in [0.5, 0.6) is 5.75 Å². The fourth-order valence-corrected chi connectivity index (χ4v) is 1.59. The number of carbonyl (C=O) groups excluding carboxylic acids is 1. The molecule has 0 aliphatic carbocycles. The lowest BCUT2D eigenvalue weighted by Crippen LogP contribution is -2.12. The van der Waals surface area contributed by atoms with E-state index in [1.54, 1.807) is 18.3 Å². The summed E-state index contributed by atoms with van der Waals surface area (Å²) in [5, 5.41) is 13.3. The molecule has 0 saturated carbocycles. The second kappa shape index (κ2) is 5.79. The van der Waals surface area contributed by atoms with E-state index >= 15 is 0 Å². The number of pyridine rings is 1. The minimum Gasteiger partial charge on any atom is -0.494 e. The number of nitrogens with one attached hydrogen (secondary N) is 1. The Morgan fingerprint density at radius 3 is 2.80 bits per heavy atom. The number of carbonyl (C=O) groups is 1. The zero-order chi connectivity index (χ0) is 14.5. The van der Waals surface area contributed by atoms with Crippen molar-refractivity contribution < 1.29 is 14.5 Å². The molecule has 7 nitrogen and oxygen atoms in total. The van der Waals surface area contributed by atoms with Gasteiger partial charge in [-0.25, -0.2) is 0 Å². The van der Waals surface area contributed by atoms with Gasteiger partial charge in [0, 0.05) is 18.5 Å². The van der Waals surface area contributed by atoms with Crippen molar-refractivity contribution in [3.05, 3.63) is 58.4 Å². The Kier molecular flexibility index (Phi) is 3.90. The molecule has 0 aliphatic heterocycles. The summed E-state index contributed by atoms with van der Waals surface area (Å²) in [4.78, 5) is 26.0. The number of nitro groups is 1. The van der Waals surface area contributed by atoms with Crippen LogP contribution < -0.4 is 10.1 Å². The van der Waals surface area contributed by atoms with Gasteiger partial charge in [0.15, 0.2) is 0 Å². The van der Waals surface area contributed by atoms with Crippen LogP contribution in [0.3, 0.4) is 0 Å². The van der Waals surface area contributed by atoms with E-state index < -0.39 is 4.92 Å². The third-order valence-corrected chi connectivity index (χ3v) is 2.57. The fourth-order valence-electron chi connectivity index (χ4n) is 1.59. The average molecular weight is 273 g/mol. The van der Waals surface area contributed by atoms with Crippen LogP contribution in [0.4, 0.5) is 11.4 Å². The van der Waals surface area contributed by atoms with Crippen molar-refractivity contribution in [1.82, 2.24) is 4.98 Å². The van der Waals surface area contributed by atoms with E-state index in [9.17, 15) is 14.9 Å². The Morgan fingerprint density at radius 2 is 2.20 bits per heavy atom. The maximum Gasteiger partial charge on any atom is 0.273 e. The Hall–Kier alpha value is -2.96. The molecule has 0 saturated heterocycles. The standard InChI is InChI=1S/C13H11N3O4/c1-20-12-7-10(16(18)19)4-5-11(12)15-13(17)9-3-2-6-14-8-9/h2-8H,1H3,(H,15,17). The highest BCUT2D eigenvalue weighted by Gasteiger charge is 2.14. The minimum atomic E-state index is -0.533. The number of amides is 1. The van der Waals surface area contributed by atoms with Crippen LogP contribution in [0.15, 0.2) is 42.7 Å². The highest BCUT2D eigenvalue weighted by molar-refractivity contribution is 6.04. The molecule has 1 heterocycles. The minimum absolute atomic E-state index is 0.110. The summed E-state index contributed by atoms with van der Waals surface area (Å²) < 4.78 is 5.04. The van der Waals surface area contributed by atoms with Gasteiger partial charge in [-0.05, 0) is 18.2 Å². The number of methoxy groups -OCH3 is 1. The number of rotatable bonds is 4. The molecule has 2 rings (SSSR count). The Bertz CT molecular complexity index is 643. The Balaban J connectivity index is 2.25. The van der Waals surface area contributed by atoms with Crippen LogP contribution in [0.25, 0.3) is 0 Å². The summed E-state index contributed by atoms with van der Waals surface area (Å²) >= 11 is 0. The van der Waals surface area contributed by atoms with Gasteiger partial charge in [-0.15, -0.1) is 0 Å². The second-order valence-electron chi connectivity index (χ2n) is 3.84. The number of non-ortho nitro benzene ring substituents is 1. The Morgan fingerprint density at radius 1 is 1.40 bits per heavy atom. The highest BCUT2D eigenvalue weighted by atomic mass is 16.6. The molecule has 102 valence electrons. The van der Waals surface area contributed by atoms with E-state index in [1.165, 1.54) is 31.5 Å². The maximum absolute atomic E-state index is 12.0. The van der Waals surface area contributed by atoms with E-state index in [1.807, 2.05) is 0 Å². The number of aromatic nitrogens is 1. The van der Waals surface area contributed by atoms with Crippen molar-refractivity contribution in [1.29, 1.82) is 0 Å². The predicted octanol–water partition coefficient (Wildman–Crippen LogP) is 2.25. The number of benzene rings is 1. The lowest BCUT2D eigenvalue weighted by atomic mass is 10.2. The van der Waals surface area contributed by atoms with Crippen molar-refractivity contribution in [3.63, 3.8) is 0 Å². The van der Waals surface area contributed by atoms with Crippen molar-refractivity contribution in [3.8, 4) is 5.75 Å². The lowest BCUT2D eigenvalue weighted by Gasteiger charge is -2.09. The first-order chi connectivity index (χ1) is 9.61. The number of nitro benzene ring substituents is 1. The van der Waals surface area contributed by atoms with E-state index in [0.29, 0.717) is 11.3 Å². The lowest BCUT2D eigenvalue weighted by molar-refractivity contribution is -0.384. The average Bonchev–Trinajstić information content (AvgIpc) is 2.48. The van der Waals surface area contributed by atoms with Crippen LogP contribution in [-0.4, -0.2) is 22.9 Å². The number of hydrogen-bond donors (Lipinski definition) is 1. The quantitative estimate of drug-likeness (QED) is 0.681. The summed E-state index contributed by atoms with van der Waals surface area (Å²) in [5.41, 5.74) is 0.626. The second-order valence-corrected chi connectivity index (χ2v) is 3.84. The molecule has 0 unspecified atom stereocenters. The van der Waals surface area contributed by atoms with Crippen LogP contribution in [0, 0.1) is 10.1 Å². The highest BCUT2D eigenvalue weighted by Crippen LogP contribution is 2.29. The number of ether oxygens (including phenoxy) is 1. The van der Waals surface area contributed by atoms with Crippen LogP contribution in [0.1, 0.15) is 10.4 Å². The van der Waals surface area contributed by atoms with Crippen molar-refractivity contribution in [2.24, 2.45) is 0 Å². The normalized spacial score (nSPS) is 9.85. The summed E-state index contributed by atoms with van der Waals surface area (Å²) in [6.45, 7) is 0. The zero-order valence-electron chi connectivity index (χ0n) is 10.6. The molecular formula is C13H11N3O4. The van der Waals surface area contributed by atoms with Crippen LogP contribution in [0.2, 0.25) is 0 Å². The number of anilines is 1. The summed E-state index contributed by atoms with van der Waals surface area (Å²) in [6.07, 6.45) is 2.98. The molecule has 1 aromatic heterocycles. The van der Waals surface area contributed by atoms with E-state index in [2.05, 4.69) is 10.3 Å². The van der Waals surface area contributed by atoms with Gasteiger partial charge in [0.2, 0.25) is 0 Å². The summed E-state index contributed by atoms with van der Waals surface area (Å²) in [7, 11) is 1.37. The van der Waals surface area contributed by atoms with Crippen molar-refractivity contribution in [2.75, 3.05) is 12.4 Å². The largest absolute Gasteiger partial charge is 0.494 e. The van der Waals surface area contributed by atoms with E-state index in [0.717, 1.165) is 0 Å². The molecule has 1 N–H and O–H groups in total. The first-order valence-electron chi connectivity index (χ1n) is 5.65. The van der Waals surface area contributed by atoms with Gasteiger partial charge < -0.3 is 10.1 Å². The maximum atomic E-state index is 12.0. The van der Waals surface area contributed by atoms with Gasteiger partial charge in [-0.3, -0.25) is 19.9 Å². The van der Waals surface area contributed by atoms with Crippen molar-refractivity contribution >= 4 is 17.3 Å². The topological polar surface area (TPSA) is 94.4 Å². The van der Waals surface area contributed by atoms with Crippen LogP contribution >= 0.6 is 0 Å². The molecular weight excluding hydrogens is 262 g/mol. The fraction of sp³-hybridized carbons (Fsp3) is 0.0769. The molecule has 0 radical (unpaired) electrons. The predicted molar refractivity (Wildman–Crippen MR) is 71.8 cm³/mol. The molecule has 0 aliphatic rings. The zero-order valence-corrected chi connectivity index (χ0v) is 10.6. The smallest absolute Gasteiger partial charge is 0.273 e. The number of nitrogens with zero attached hydrogens (tertiary/aromatic N) is 2. The molecule has 0 bridgehead atoms. The molecule has 7 heteroatoms.